The summed E-state index contributed by atoms with van der Waals surface area (Å²) in [5.74, 6) is 0.846. The number of nitrogens with zero attached hydrogens (tertiary/aromatic N) is 2. The van der Waals surface area contributed by atoms with E-state index in [9.17, 15) is 13.2 Å². The van der Waals surface area contributed by atoms with Crippen LogP contribution in [-0.4, -0.2) is 23.3 Å². The maximum Gasteiger partial charge on any atom is 0.416 e. The first-order chi connectivity index (χ1) is 10.4. The van der Waals surface area contributed by atoms with E-state index in [1.54, 1.807) is 7.11 Å². The molecule has 1 aromatic carbocycles. The average molecular weight is 333 g/mol. The second-order valence-electron chi connectivity index (χ2n) is 4.82. The first kappa shape index (κ1) is 16.8. The molecule has 3 nitrogen and oxygen atoms in total. The van der Waals surface area contributed by atoms with E-state index >= 15 is 0 Å². The van der Waals surface area contributed by atoms with Crippen molar-refractivity contribution in [3.63, 3.8) is 0 Å². The molecule has 2 rings (SSSR count). The number of rotatable bonds is 5. The highest BCUT2D eigenvalue weighted by Gasteiger charge is 2.30. The summed E-state index contributed by atoms with van der Waals surface area (Å²) >= 11 is 5.87. The van der Waals surface area contributed by atoms with E-state index in [1.807, 2.05) is 11.5 Å². The van der Waals surface area contributed by atoms with Crippen LogP contribution in [0.15, 0.2) is 24.3 Å². The Balaban J connectivity index is 2.42. The lowest BCUT2D eigenvalue weighted by Gasteiger charge is -2.11. The maximum absolute atomic E-state index is 12.6. The third-order valence-electron chi connectivity index (χ3n) is 3.44. The molecular weight excluding hydrogens is 317 g/mol. The van der Waals surface area contributed by atoms with Crippen molar-refractivity contribution in [2.24, 2.45) is 0 Å². The van der Waals surface area contributed by atoms with E-state index in [0.29, 0.717) is 30.2 Å². The van der Waals surface area contributed by atoms with E-state index < -0.39 is 11.7 Å². The van der Waals surface area contributed by atoms with Crippen LogP contribution in [0.3, 0.4) is 0 Å². The van der Waals surface area contributed by atoms with Crippen molar-refractivity contribution in [1.82, 2.24) is 9.55 Å². The molecule has 1 heterocycles. The summed E-state index contributed by atoms with van der Waals surface area (Å²) in [6, 6.07) is 4.96. The Hall–Kier alpha value is -1.53. The van der Waals surface area contributed by atoms with Crippen molar-refractivity contribution in [1.29, 1.82) is 0 Å². The quantitative estimate of drug-likeness (QED) is 0.765. The highest BCUT2D eigenvalue weighted by molar-refractivity contribution is 6.17. The molecule has 1 aromatic heterocycles. The lowest BCUT2D eigenvalue weighted by Crippen LogP contribution is -2.08. The van der Waals surface area contributed by atoms with Crippen molar-refractivity contribution in [2.75, 3.05) is 13.7 Å². The fraction of sp³-hybridized carbons (Fsp3) is 0.400. The summed E-state index contributed by atoms with van der Waals surface area (Å²) in [5, 5.41) is 0. The second-order valence-corrected chi connectivity index (χ2v) is 5.09. The largest absolute Gasteiger partial charge is 0.416 e. The lowest BCUT2D eigenvalue weighted by molar-refractivity contribution is -0.137. The number of methoxy groups -OCH3 is 1. The average Bonchev–Trinajstić information content (AvgIpc) is 2.80. The minimum atomic E-state index is -4.35. The number of hydrogen-bond donors (Lipinski definition) is 0. The van der Waals surface area contributed by atoms with Gasteiger partial charge >= 0.3 is 6.18 Å². The molecule has 0 saturated carbocycles. The molecule has 0 N–H and O–H groups in total. The molecule has 0 bridgehead atoms. The van der Waals surface area contributed by atoms with Crippen LogP contribution < -0.4 is 0 Å². The zero-order valence-corrected chi connectivity index (χ0v) is 13.0. The second kappa shape index (κ2) is 6.71. The molecule has 0 aliphatic heterocycles. The first-order valence-electron chi connectivity index (χ1n) is 6.67. The van der Waals surface area contributed by atoms with Gasteiger partial charge in [-0.2, -0.15) is 13.2 Å². The molecule has 120 valence electrons. The Kier molecular flexibility index (Phi) is 5.13. The first-order valence-corrected chi connectivity index (χ1v) is 7.20. The van der Waals surface area contributed by atoms with E-state index in [4.69, 9.17) is 16.3 Å². The SMILES string of the molecule is COCCn1c(-c2ccc(C(F)(F)F)cc2)nc(CCl)c1C. The number of alkyl halides is 4. The van der Waals surface area contributed by atoms with Crippen molar-refractivity contribution < 1.29 is 17.9 Å². The Labute approximate surface area is 131 Å². The monoisotopic (exact) mass is 332 g/mol. The number of benzene rings is 1. The Morgan fingerprint density at radius 2 is 1.86 bits per heavy atom. The molecule has 0 fully saturated rings. The number of aromatic nitrogens is 2. The van der Waals surface area contributed by atoms with Crippen molar-refractivity contribution in [3.8, 4) is 11.4 Å². The predicted octanol–water partition coefficient (Wildman–Crippen LogP) is 4.26. The zero-order chi connectivity index (χ0) is 16.3. The molecule has 0 aliphatic carbocycles. The van der Waals surface area contributed by atoms with E-state index in [0.717, 1.165) is 17.8 Å². The topological polar surface area (TPSA) is 27.1 Å². The van der Waals surface area contributed by atoms with Gasteiger partial charge in [-0.15, -0.1) is 11.6 Å². The molecule has 22 heavy (non-hydrogen) atoms. The molecule has 0 spiro atoms. The summed E-state index contributed by atoms with van der Waals surface area (Å²) in [6.07, 6.45) is -4.35. The van der Waals surface area contributed by atoms with Crippen LogP contribution >= 0.6 is 11.6 Å². The zero-order valence-electron chi connectivity index (χ0n) is 12.2. The Bertz CT molecular complexity index is 635. The summed E-state index contributed by atoms with van der Waals surface area (Å²) < 4.78 is 44.9. The predicted molar refractivity (Wildman–Crippen MR) is 78.8 cm³/mol. The Morgan fingerprint density at radius 3 is 2.36 bits per heavy atom. The van der Waals surface area contributed by atoms with E-state index in [2.05, 4.69) is 4.98 Å². The third-order valence-corrected chi connectivity index (χ3v) is 3.69. The van der Waals surface area contributed by atoms with Gasteiger partial charge in [0.15, 0.2) is 0 Å². The van der Waals surface area contributed by atoms with Gasteiger partial charge in [-0.3, -0.25) is 0 Å². The van der Waals surface area contributed by atoms with Gasteiger partial charge in [0.05, 0.1) is 23.7 Å². The molecule has 7 heteroatoms. The van der Waals surface area contributed by atoms with Gasteiger partial charge in [0, 0.05) is 24.9 Å². The number of ether oxygens (including phenoxy) is 1. The molecule has 0 amide bonds. The fourth-order valence-corrected chi connectivity index (χ4v) is 2.45. The van der Waals surface area contributed by atoms with Crippen LogP contribution in [-0.2, 0) is 23.3 Å². The van der Waals surface area contributed by atoms with Crippen LogP contribution in [0.2, 0.25) is 0 Å². The number of imidazole rings is 1. The minimum Gasteiger partial charge on any atom is -0.383 e. The third kappa shape index (κ3) is 3.44. The van der Waals surface area contributed by atoms with Crippen LogP contribution in [0.4, 0.5) is 13.2 Å². The molecule has 0 saturated heterocycles. The van der Waals surface area contributed by atoms with Crippen LogP contribution in [0.1, 0.15) is 17.0 Å². The van der Waals surface area contributed by atoms with Gasteiger partial charge in [-0.1, -0.05) is 12.1 Å². The van der Waals surface area contributed by atoms with Gasteiger partial charge in [-0.25, -0.2) is 4.98 Å². The van der Waals surface area contributed by atoms with Gasteiger partial charge < -0.3 is 9.30 Å². The molecule has 0 aliphatic rings. The van der Waals surface area contributed by atoms with Crippen LogP contribution in [0.25, 0.3) is 11.4 Å². The standard InChI is InChI=1S/C15H16ClF3N2O/c1-10-13(9-16)20-14(21(10)7-8-22-2)11-3-5-12(6-4-11)15(17,18)19/h3-6H,7-9H2,1-2H3. The molecule has 0 radical (unpaired) electrons. The van der Waals surface area contributed by atoms with Gasteiger partial charge in [0.1, 0.15) is 5.82 Å². The van der Waals surface area contributed by atoms with Gasteiger partial charge in [0.2, 0.25) is 0 Å². The van der Waals surface area contributed by atoms with Crippen molar-refractivity contribution >= 4 is 11.6 Å². The van der Waals surface area contributed by atoms with E-state index in [1.165, 1.54) is 12.1 Å². The molecular formula is C15H16ClF3N2O. The highest BCUT2D eigenvalue weighted by Crippen LogP contribution is 2.31. The summed E-state index contributed by atoms with van der Waals surface area (Å²) in [5.41, 5.74) is 1.54. The van der Waals surface area contributed by atoms with E-state index in [-0.39, 0.29) is 5.88 Å². The molecule has 0 atom stereocenters. The fourth-order valence-electron chi connectivity index (χ4n) is 2.20. The normalized spacial score (nSPS) is 11.9. The van der Waals surface area contributed by atoms with Crippen molar-refractivity contribution in [2.45, 2.75) is 25.5 Å². The van der Waals surface area contributed by atoms with Crippen LogP contribution in [0, 0.1) is 6.92 Å². The molecule has 2 aromatic rings. The summed E-state index contributed by atoms with van der Waals surface area (Å²) in [4.78, 5) is 4.44. The maximum atomic E-state index is 12.6. The van der Waals surface area contributed by atoms with Crippen LogP contribution in [0.5, 0.6) is 0 Å². The summed E-state index contributed by atoms with van der Waals surface area (Å²) in [7, 11) is 1.59. The summed E-state index contributed by atoms with van der Waals surface area (Å²) in [6.45, 7) is 2.92. The molecule has 0 unspecified atom stereocenters. The van der Waals surface area contributed by atoms with Crippen molar-refractivity contribution in [3.05, 3.63) is 41.2 Å². The highest BCUT2D eigenvalue weighted by atomic mass is 35.5. The van der Waals surface area contributed by atoms with Gasteiger partial charge in [0.25, 0.3) is 0 Å². The lowest BCUT2D eigenvalue weighted by atomic mass is 10.1. The Morgan fingerprint density at radius 1 is 1.23 bits per heavy atom. The minimum absolute atomic E-state index is 0.249. The smallest absolute Gasteiger partial charge is 0.383 e. The van der Waals surface area contributed by atoms with Gasteiger partial charge in [-0.05, 0) is 19.1 Å². The number of halogens is 4. The number of hydrogen-bond acceptors (Lipinski definition) is 2.